The first-order valence-corrected chi connectivity index (χ1v) is 18.7. The summed E-state index contributed by atoms with van der Waals surface area (Å²) in [7, 11) is -2.12. The van der Waals surface area contributed by atoms with E-state index >= 15 is 0 Å². The lowest BCUT2D eigenvalue weighted by atomic mass is 10.0. The van der Waals surface area contributed by atoms with Gasteiger partial charge in [-0.1, -0.05) is 26.0 Å². The lowest BCUT2D eigenvalue weighted by Gasteiger charge is -2.37. The summed E-state index contributed by atoms with van der Waals surface area (Å²) in [4.78, 5) is 18.7. The highest BCUT2D eigenvalue weighted by Crippen LogP contribution is 2.38. The second-order valence-corrected chi connectivity index (χ2v) is 19.3. The molecule has 11 nitrogen and oxygen atoms in total. The average Bonchev–Trinajstić information content (AvgIpc) is 3.61. The first kappa shape index (κ1) is 33.5. The highest BCUT2D eigenvalue weighted by Gasteiger charge is 2.38. The van der Waals surface area contributed by atoms with Crippen molar-refractivity contribution >= 4 is 19.9 Å². The van der Waals surface area contributed by atoms with Crippen LogP contribution in [0.5, 0.6) is 5.75 Å². The van der Waals surface area contributed by atoms with Gasteiger partial charge in [0, 0.05) is 24.8 Å². The number of aromatic nitrogens is 6. The molecule has 1 aliphatic heterocycles. The van der Waals surface area contributed by atoms with E-state index in [1.165, 1.54) is 12.3 Å². The monoisotopic (exact) mass is 651 g/mol. The van der Waals surface area contributed by atoms with Crippen LogP contribution in [0.3, 0.4) is 0 Å². The van der Waals surface area contributed by atoms with Crippen molar-refractivity contribution in [3.63, 3.8) is 0 Å². The Kier molecular flexibility index (Phi) is 9.29. The number of nitrogens with zero attached hydrogens (tertiary/aromatic N) is 7. The van der Waals surface area contributed by atoms with Gasteiger partial charge in [-0.25, -0.2) is 18.4 Å². The summed E-state index contributed by atoms with van der Waals surface area (Å²) in [6, 6.07) is 6.94. The summed E-state index contributed by atoms with van der Waals surface area (Å²) in [6.45, 7) is 20.0. The number of halogens is 1. The Bertz CT molecular complexity index is 1670. The Morgan fingerprint density at radius 1 is 1.11 bits per heavy atom. The van der Waals surface area contributed by atoms with E-state index in [9.17, 15) is 9.18 Å². The highest BCUT2D eigenvalue weighted by atomic mass is 28.4. The van der Waals surface area contributed by atoms with E-state index in [1.54, 1.807) is 21.7 Å². The van der Waals surface area contributed by atoms with Gasteiger partial charge in [-0.2, -0.15) is 5.10 Å². The third-order valence-corrected chi connectivity index (χ3v) is 13.4. The Labute approximate surface area is 271 Å². The van der Waals surface area contributed by atoms with E-state index in [4.69, 9.17) is 13.9 Å². The van der Waals surface area contributed by atoms with Crippen LogP contribution in [-0.2, 0) is 9.16 Å². The van der Waals surface area contributed by atoms with Crippen molar-refractivity contribution in [3.8, 4) is 17.0 Å². The molecule has 4 aromatic heterocycles. The molecule has 0 aromatic carbocycles. The normalized spacial score (nSPS) is 15.7. The number of carbonyl (C=O) groups excluding carboxylic acids is 1. The molecule has 1 saturated heterocycles. The van der Waals surface area contributed by atoms with Crippen LogP contribution in [0, 0.1) is 12.7 Å². The Morgan fingerprint density at radius 3 is 2.46 bits per heavy atom. The minimum atomic E-state index is -2.12. The molecule has 0 spiro atoms. The van der Waals surface area contributed by atoms with Gasteiger partial charge in [0.2, 0.25) is 0 Å². The third kappa shape index (κ3) is 7.41. The predicted molar refractivity (Wildman–Crippen MR) is 176 cm³/mol. The predicted octanol–water partition coefficient (Wildman–Crippen LogP) is 7.15. The lowest BCUT2D eigenvalue weighted by Crippen LogP contribution is -2.42. The first-order valence-electron chi connectivity index (χ1n) is 15.8. The second-order valence-electron chi connectivity index (χ2n) is 14.5. The Hall–Kier alpha value is -3.84. The van der Waals surface area contributed by atoms with Crippen LogP contribution in [0.4, 0.5) is 9.18 Å². The topological polar surface area (TPSA) is 109 Å². The molecule has 1 atom stereocenters. The van der Waals surface area contributed by atoms with Crippen LogP contribution in [0.2, 0.25) is 18.1 Å². The molecule has 1 aliphatic rings. The highest BCUT2D eigenvalue weighted by molar-refractivity contribution is 6.74. The summed E-state index contributed by atoms with van der Waals surface area (Å²) < 4.78 is 36.3. The molecule has 1 fully saturated rings. The van der Waals surface area contributed by atoms with E-state index in [0.717, 1.165) is 29.6 Å². The third-order valence-electron chi connectivity index (χ3n) is 8.88. The molecule has 0 radical (unpaired) electrons. The summed E-state index contributed by atoms with van der Waals surface area (Å²) in [5.41, 5.74) is 3.22. The molecular weight excluding hydrogens is 605 g/mol. The molecule has 0 saturated carbocycles. The van der Waals surface area contributed by atoms with Gasteiger partial charge in [-0.15, -0.1) is 5.10 Å². The molecule has 5 heterocycles. The quantitative estimate of drug-likeness (QED) is 0.185. The van der Waals surface area contributed by atoms with Crippen LogP contribution in [-0.4, -0.2) is 74.2 Å². The number of hydrogen-bond donors (Lipinski definition) is 0. The molecule has 5 rings (SSSR count). The summed E-state index contributed by atoms with van der Waals surface area (Å²) in [5.74, 6) is 0.159. The minimum absolute atomic E-state index is 0.00210. The molecule has 0 aliphatic carbocycles. The zero-order valence-electron chi connectivity index (χ0n) is 28.4. The Morgan fingerprint density at radius 2 is 1.83 bits per heavy atom. The molecule has 248 valence electrons. The minimum Gasteiger partial charge on any atom is -0.479 e. The van der Waals surface area contributed by atoms with Crippen molar-refractivity contribution < 1.29 is 23.1 Å². The van der Waals surface area contributed by atoms with Crippen molar-refractivity contribution in [2.24, 2.45) is 0 Å². The maximum atomic E-state index is 13.8. The fraction of sp³-hybridized carbons (Fsp3) is 0.545. The molecule has 46 heavy (non-hydrogen) atoms. The number of fused-ring (bicyclic) bond motifs is 1. The van der Waals surface area contributed by atoms with Crippen molar-refractivity contribution in [2.45, 2.75) is 97.2 Å². The van der Waals surface area contributed by atoms with Gasteiger partial charge in [0.25, 0.3) is 0 Å². The zero-order chi connectivity index (χ0) is 33.4. The van der Waals surface area contributed by atoms with E-state index in [2.05, 4.69) is 54.3 Å². The fourth-order valence-corrected chi connectivity index (χ4v) is 6.21. The van der Waals surface area contributed by atoms with Gasteiger partial charge in [-0.05, 0) is 82.9 Å². The fourth-order valence-electron chi connectivity index (χ4n) is 5.21. The lowest BCUT2D eigenvalue weighted by molar-refractivity contribution is 0.0183. The van der Waals surface area contributed by atoms with Crippen molar-refractivity contribution in [1.82, 2.24) is 34.5 Å². The smallest absolute Gasteiger partial charge is 0.410 e. The SMILES string of the molecule is Cc1c(-c2cc(OC(CO[Si](C)(C)C(C)(C)C)c3ccc(F)cn3)c3ccnn3c2)nnn1C1CCN(C(=O)OC(C)(C)C)CC1. The number of likely N-dealkylation sites (tertiary alicyclic amines) is 1. The second kappa shape index (κ2) is 12.7. The number of carbonyl (C=O) groups is 1. The van der Waals surface area contributed by atoms with Crippen molar-refractivity contribution in [3.05, 3.63) is 60.1 Å². The standard InChI is InChI=1S/C33H46FN7O4Si/c1-22-30(37-38-41(22)25-13-16-39(17-14-25)31(42)45-32(2,3)4)23-18-28(27-12-15-36-40(27)20-23)44-29(26-11-10-24(34)19-35-26)21-43-46(8,9)33(5,6)7/h10-12,15,18-20,25,29H,13-14,16-17,21H2,1-9H3. The molecule has 0 bridgehead atoms. The van der Waals surface area contributed by atoms with Gasteiger partial charge in [0.05, 0.1) is 36.4 Å². The largest absolute Gasteiger partial charge is 0.479 e. The molecule has 4 aromatic rings. The number of rotatable bonds is 8. The number of ether oxygens (including phenoxy) is 2. The van der Waals surface area contributed by atoms with Gasteiger partial charge in [-0.3, -0.25) is 4.98 Å². The van der Waals surface area contributed by atoms with E-state index in [1.807, 2.05) is 50.7 Å². The van der Waals surface area contributed by atoms with Crippen LogP contribution in [0.15, 0.2) is 42.9 Å². The van der Waals surface area contributed by atoms with Crippen LogP contribution in [0.25, 0.3) is 16.8 Å². The van der Waals surface area contributed by atoms with Gasteiger partial charge >= 0.3 is 6.09 Å². The average molecular weight is 652 g/mol. The van der Waals surface area contributed by atoms with Crippen molar-refractivity contribution in [1.29, 1.82) is 0 Å². The van der Waals surface area contributed by atoms with Crippen molar-refractivity contribution in [2.75, 3.05) is 19.7 Å². The molecule has 13 heteroatoms. The number of pyridine rings is 2. The molecule has 0 N–H and O–H groups in total. The van der Waals surface area contributed by atoms with E-state index < -0.39 is 25.8 Å². The summed E-state index contributed by atoms with van der Waals surface area (Å²) in [6.07, 6.45) is 5.44. The summed E-state index contributed by atoms with van der Waals surface area (Å²) >= 11 is 0. The van der Waals surface area contributed by atoms with Gasteiger partial charge < -0.3 is 18.8 Å². The van der Waals surface area contributed by atoms with Crippen LogP contribution in [0.1, 0.15) is 77.9 Å². The zero-order valence-corrected chi connectivity index (χ0v) is 29.4. The first-order chi connectivity index (χ1) is 21.5. The van der Waals surface area contributed by atoms with Crippen LogP contribution >= 0.6 is 0 Å². The molecular formula is C33H46FN7O4Si. The summed E-state index contributed by atoms with van der Waals surface area (Å²) in [5, 5.41) is 13.6. The van der Waals surface area contributed by atoms with Gasteiger partial charge in [0.15, 0.2) is 14.4 Å². The van der Waals surface area contributed by atoms with E-state index in [0.29, 0.717) is 30.2 Å². The van der Waals surface area contributed by atoms with Crippen LogP contribution < -0.4 is 4.74 Å². The Balaban J connectivity index is 1.40. The molecule has 1 unspecified atom stereocenters. The molecule has 1 amide bonds. The van der Waals surface area contributed by atoms with Gasteiger partial charge in [0.1, 0.15) is 28.4 Å². The van der Waals surface area contributed by atoms with E-state index in [-0.39, 0.29) is 23.8 Å². The number of piperidine rings is 1. The number of amides is 1. The number of hydrogen-bond acceptors (Lipinski definition) is 8. The maximum Gasteiger partial charge on any atom is 0.410 e. The maximum absolute atomic E-state index is 13.8.